The standard InChI is InChI=1S/C26H27NO6/c1-11-22(30)20(13(3)28)24-21(23(11)31)26(4)18(33-24)9-17(29)19(25(26)32)12(2)27-10-16-8-14-5-6-15(16)7-14/h5-6,9,14-16,27,30-31H,7-8,10H2,1-4H3/b19-12+/t14?,15?,16?,26-/m0/s1. The Hall–Kier alpha value is -3.35. The molecule has 1 heterocycles. The average Bonchev–Trinajstić information content (AvgIpc) is 3.44. The number of hydrogen-bond donors (Lipinski definition) is 3. The van der Waals surface area contributed by atoms with Crippen LogP contribution in [-0.2, 0) is 15.0 Å². The van der Waals surface area contributed by atoms with Gasteiger partial charge in [0.1, 0.15) is 34.0 Å². The van der Waals surface area contributed by atoms with Crippen molar-refractivity contribution < 1.29 is 29.3 Å². The molecule has 0 radical (unpaired) electrons. The van der Waals surface area contributed by atoms with Gasteiger partial charge in [0.15, 0.2) is 17.3 Å². The lowest BCUT2D eigenvalue weighted by Crippen LogP contribution is -2.41. The molecule has 4 atom stereocenters. The highest BCUT2D eigenvalue weighted by Crippen LogP contribution is 2.57. The molecule has 7 heteroatoms. The van der Waals surface area contributed by atoms with E-state index in [4.69, 9.17) is 4.74 Å². The average molecular weight is 450 g/mol. The molecule has 5 rings (SSSR count). The van der Waals surface area contributed by atoms with Crippen molar-refractivity contribution in [1.29, 1.82) is 0 Å². The number of hydrogen-bond acceptors (Lipinski definition) is 7. The SMILES string of the molecule is CC(=O)c1c(O)c(C)c(O)c2c1OC1=CC(=O)/C(=C(/C)NCC3CC4C=CC3C4)C(=O)[C@@]12C. The number of carbonyl (C=O) groups is 3. The summed E-state index contributed by atoms with van der Waals surface area (Å²) in [6.45, 7) is 6.71. The van der Waals surface area contributed by atoms with Crippen molar-refractivity contribution in [3.05, 3.63) is 51.9 Å². The zero-order valence-corrected chi connectivity index (χ0v) is 19.1. The van der Waals surface area contributed by atoms with Crippen LogP contribution in [0, 0.1) is 24.7 Å². The van der Waals surface area contributed by atoms with Crippen LogP contribution < -0.4 is 10.1 Å². The van der Waals surface area contributed by atoms with E-state index < -0.39 is 28.5 Å². The van der Waals surface area contributed by atoms with Crippen LogP contribution in [0.2, 0.25) is 0 Å². The monoisotopic (exact) mass is 449 g/mol. The third-order valence-electron chi connectivity index (χ3n) is 7.81. The number of ether oxygens (including phenoxy) is 1. The van der Waals surface area contributed by atoms with Crippen molar-refractivity contribution in [2.75, 3.05) is 6.54 Å². The van der Waals surface area contributed by atoms with Gasteiger partial charge in [-0.25, -0.2) is 0 Å². The number of fused-ring (bicyclic) bond motifs is 5. The van der Waals surface area contributed by atoms with Gasteiger partial charge in [-0.3, -0.25) is 14.4 Å². The summed E-state index contributed by atoms with van der Waals surface area (Å²) < 4.78 is 5.79. The van der Waals surface area contributed by atoms with Crippen molar-refractivity contribution in [3.8, 4) is 17.2 Å². The fraction of sp³-hybridized carbons (Fsp3) is 0.423. The fourth-order valence-corrected chi connectivity index (χ4v) is 5.86. The van der Waals surface area contributed by atoms with E-state index in [9.17, 15) is 24.6 Å². The Morgan fingerprint density at radius 2 is 1.91 bits per heavy atom. The Balaban J connectivity index is 1.56. The highest BCUT2D eigenvalue weighted by molar-refractivity contribution is 6.31. The van der Waals surface area contributed by atoms with Crippen LogP contribution in [0.25, 0.3) is 0 Å². The van der Waals surface area contributed by atoms with Gasteiger partial charge in [0.05, 0.1) is 11.1 Å². The molecule has 3 aliphatic carbocycles. The van der Waals surface area contributed by atoms with E-state index in [0.29, 0.717) is 30.0 Å². The predicted molar refractivity (Wildman–Crippen MR) is 120 cm³/mol. The highest BCUT2D eigenvalue weighted by Gasteiger charge is 2.56. The van der Waals surface area contributed by atoms with Crippen LogP contribution in [0.1, 0.15) is 55.1 Å². The Morgan fingerprint density at radius 3 is 2.52 bits per heavy atom. The lowest BCUT2D eigenvalue weighted by molar-refractivity contribution is -0.123. The number of aromatic hydroxyl groups is 2. The quantitative estimate of drug-likeness (QED) is 0.280. The summed E-state index contributed by atoms with van der Waals surface area (Å²) >= 11 is 0. The molecule has 0 amide bonds. The molecule has 172 valence electrons. The zero-order valence-electron chi connectivity index (χ0n) is 19.1. The normalized spacial score (nSPS) is 30.7. The Kier molecular flexibility index (Phi) is 4.61. The van der Waals surface area contributed by atoms with Crippen molar-refractivity contribution in [1.82, 2.24) is 5.32 Å². The topological polar surface area (TPSA) is 113 Å². The number of Topliss-reactive ketones (excluding diaryl/α,β-unsaturated/α-hetero) is 2. The predicted octanol–water partition coefficient (Wildman–Crippen LogP) is 3.37. The minimum absolute atomic E-state index is 0.0194. The van der Waals surface area contributed by atoms with Gasteiger partial charge < -0.3 is 20.3 Å². The van der Waals surface area contributed by atoms with Gasteiger partial charge in [0.25, 0.3) is 0 Å². The zero-order chi connectivity index (χ0) is 23.8. The molecule has 0 saturated heterocycles. The maximum absolute atomic E-state index is 13.8. The molecule has 1 fully saturated rings. The molecule has 4 aliphatic rings. The van der Waals surface area contributed by atoms with Crippen LogP contribution >= 0.6 is 0 Å². The van der Waals surface area contributed by atoms with Gasteiger partial charge in [0.2, 0.25) is 0 Å². The third-order valence-corrected chi connectivity index (χ3v) is 7.81. The van der Waals surface area contributed by atoms with E-state index in [0.717, 1.165) is 6.42 Å². The highest BCUT2D eigenvalue weighted by atomic mass is 16.5. The first-order valence-corrected chi connectivity index (χ1v) is 11.3. The van der Waals surface area contributed by atoms with Crippen molar-refractivity contribution in [2.24, 2.45) is 17.8 Å². The molecule has 0 aromatic heterocycles. The summed E-state index contributed by atoms with van der Waals surface area (Å²) in [4.78, 5) is 39.0. The molecule has 3 unspecified atom stereocenters. The largest absolute Gasteiger partial charge is 0.507 e. The maximum atomic E-state index is 13.8. The van der Waals surface area contributed by atoms with Crippen molar-refractivity contribution >= 4 is 17.3 Å². The van der Waals surface area contributed by atoms with Gasteiger partial charge in [-0.15, -0.1) is 0 Å². The van der Waals surface area contributed by atoms with Crippen LogP contribution in [0.5, 0.6) is 17.2 Å². The van der Waals surface area contributed by atoms with Gasteiger partial charge >= 0.3 is 0 Å². The number of benzene rings is 1. The van der Waals surface area contributed by atoms with Crippen LogP contribution in [-0.4, -0.2) is 34.1 Å². The van der Waals surface area contributed by atoms with Crippen molar-refractivity contribution in [2.45, 2.75) is 46.0 Å². The van der Waals surface area contributed by atoms with Crippen LogP contribution in [0.15, 0.2) is 35.3 Å². The lowest BCUT2D eigenvalue weighted by Gasteiger charge is -2.29. The van der Waals surface area contributed by atoms with E-state index >= 15 is 0 Å². The first-order chi connectivity index (χ1) is 15.6. The summed E-state index contributed by atoms with van der Waals surface area (Å²) in [5.41, 5.74) is -0.894. The molecular weight excluding hydrogens is 422 g/mol. The first kappa shape index (κ1) is 21.5. The van der Waals surface area contributed by atoms with Gasteiger partial charge in [-0.2, -0.15) is 0 Å². The molecule has 1 aromatic rings. The summed E-state index contributed by atoms with van der Waals surface area (Å²) in [6, 6.07) is 0. The molecule has 7 nitrogen and oxygen atoms in total. The number of ketones is 3. The van der Waals surface area contributed by atoms with Gasteiger partial charge in [-0.05, 0) is 58.3 Å². The van der Waals surface area contributed by atoms with Crippen molar-refractivity contribution in [3.63, 3.8) is 0 Å². The number of rotatable bonds is 4. The second-order valence-corrected chi connectivity index (χ2v) is 9.81. The molecule has 0 spiro atoms. The smallest absolute Gasteiger partial charge is 0.194 e. The number of phenolic OH excluding ortho intramolecular Hbond substituents is 2. The van der Waals surface area contributed by atoms with Crippen LogP contribution in [0.4, 0.5) is 0 Å². The number of allylic oxidation sites excluding steroid dienone is 6. The maximum Gasteiger partial charge on any atom is 0.194 e. The third kappa shape index (κ3) is 2.84. The van der Waals surface area contributed by atoms with E-state index in [1.807, 2.05) is 0 Å². The first-order valence-electron chi connectivity index (χ1n) is 11.3. The number of nitrogens with one attached hydrogen (secondary N) is 1. The van der Waals surface area contributed by atoms with E-state index in [1.54, 1.807) is 13.8 Å². The Labute approximate surface area is 191 Å². The summed E-state index contributed by atoms with van der Waals surface area (Å²) in [7, 11) is 0. The molecule has 1 saturated carbocycles. The Morgan fingerprint density at radius 1 is 1.18 bits per heavy atom. The lowest BCUT2D eigenvalue weighted by atomic mass is 9.70. The molecule has 3 N–H and O–H groups in total. The van der Waals surface area contributed by atoms with Gasteiger partial charge in [0, 0.05) is 23.9 Å². The number of phenols is 2. The van der Waals surface area contributed by atoms with E-state index in [2.05, 4.69) is 17.5 Å². The number of carbonyl (C=O) groups excluding carboxylic acids is 3. The summed E-state index contributed by atoms with van der Waals surface area (Å²) in [5.74, 6) is -0.564. The summed E-state index contributed by atoms with van der Waals surface area (Å²) in [5, 5.41) is 24.6. The summed E-state index contributed by atoms with van der Waals surface area (Å²) in [6.07, 6.45) is 8.05. The molecular formula is C26H27NO6. The van der Waals surface area contributed by atoms with Gasteiger partial charge in [-0.1, -0.05) is 12.2 Å². The molecule has 33 heavy (non-hydrogen) atoms. The Bertz CT molecular complexity index is 1240. The minimum atomic E-state index is -1.48. The molecule has 1 aliphatic heterocycles. The fourth-order valence-electron chi connectivity index (χ4n) is 5.86. The minimum Gasteiger partial charge on any atom is -0.507 e. The molecule has 2 bridgehead atoms. The van der Waals surface area contributed by atoms with E-state index in [-0.39, 0.29) is 39.5 Å². The second-order valence-electron chi connectivity index (χ2n) is 9.81. The second kappa shape index (κ2) is 7.07. The van der Waals surface area contributed by atoms with Crippen LogP contribution in [0.3, 0.4) is 0 Å². The molecule has 1 aromatic carbocycles. The van der Waals surface area contributed by atoms with E-state index in [1.165, 1.54) is 26.3 Å².